The first-order valence-electron chi connectivity index (χ1n) is 8.92. The molecule has 2 aromatic carbocycles. The van der Waals surface area contributed by atoms with Gasteiger partial charge in [-0.05, 0) is 48.6 Å². The van der Waals surface area contributed by atoms with Gasteiger partial charge in [0.05, 0.1) is 17.0 Å². The van der Waals surface area contributed by atoms with E-state index in [2.05, 4.69) is 33.7 Å². The minimum absolute atomic E-state index is 0.0687. The Labute approximate surface area is 156 Å². The van der Waals surface area contributed by atoms with E-state index in [1.807, 2.05) is 47.7 Å². The van der Waals surface area contributed by atoms with Crippen molar-refractivity contribution in [3.8, 4) is 0 Å². The third-order valence-electron chi connectivity index (χ3n) is 4.62. The van der Waals surface area contributed by atoms with Gasteiger partial charge in [0.1, 0.15) is 0 Å². The van der Waals surface area contributed by atoms with E-state index in [1.165, 1.54) is 11.8 Å². The third-order valence-corrected chi connectivity index (χ3v) is 5.66. The van der Waals surface area contributed by atoms with Crippen LogP contribution in [0.4, 0.5) is 5.69 Å². The first-order valence-corrected chi connectivity index (χ1v) is 9.80. The molecule has 1 aliphatic rings. The number of thioether (sulfide) groups is 1. The molecule has 6 nitrogen and oxygen atoms in total. The van der Waals surface area contributed by atoms with Crippen molar-refractivity contribution in [2.75, 3.05) is 11.4 Å². The summed E-state index contributed by atoms with van der Waals surface area (Å²) in [6.45, 7) is 4.54. The highest BCUT2D eigenvalue weighted by molar-refractivity contribution is 8.00. The van der Waals surface area contributed by atoms with E-state index in [9.17, 15) is 4.79 Å². The van der Waals surface area contributed by atoms with Gasteiger partial charge in [-0.2, -0.15) is 0 Å². The van der Waals surface area contributed by atoms with Gasteiger partial charge in [0, 0.05) is 11.9 Å². The summed E-state index contributed by atoms with van der Waals surface area (Å²) in [4.78, 5) is 15.0. The Kier molecular flexibility index (Phi) is 4.63. The fourth-order valence-corrected chi connectivity index (χ4v) is 4.05. The zero-order chi connectivity index (χ0) is 18.1. The molecule has 0 saturated heterocycles. The molecule has 4 rings (SSSR count). The second-order valence-corrected chi connectivity index (χ2v) is 7.79. The van der Waals surface area contributed by atoms with E-state index in [-0.39, 0.29) is 11.2 Å². The van der Waals surface area contributed by atoms with Crippen molar-refractivity contribution in [3.63, 3.8) is 0 Å². The first-order chi connectivity index (χ1) is 12.7. The van der Waals surface area contributed by atoms with Gasteiger partial charge in [-0.1, -0.05) is 48.2 Å². The summed E-state index contributed by atoms with van der Waals surface area (Å²) < 4.78 is 1.85. The van der Waals surface area contributed by atoms with Crippen molar-refractivity contribution >= 4 is 34.1 Å². The number of nitrogens with zero attached hydrogens (tertiary/aromatic N) is 5. The number of tetrazole rings is 1. The van der Waals surface area contributed by atoms with Crippen molar-refractivity contribution in [1.29, 1.82) is 0 Å². The molecule has 1 unspecified atom stereocenters. The molecule has 1 heterocycles. The van der Waals surface area contributed by atoms with Crippen molar-refractivity contribution in [2.45, 2.75) is 43.1 Å². The maximum atomic E-state index is 13.2. The lowest BCUT2D eigenvalue weighted by atomic mass is 10.1. The van der Waals surface area contributed by atoms with Crippen LogP contribution in [0.1, 0.15) is 32.7 Å². The lowest BCUT2D eigenvalue weighted by Gasteiger charge is -2.25. The van der Waals surface area contributed by atoms with E-state index >= 15 is 0 Å². The Morgan fingerprint density at radius 1 is 1.27 bits per heavy atom. The highest BCUT2D eigenvalue weighted by atomic mass is 32.2. The number of hydrogen-bond acceptors (Lipinski definition) is 5. The number of rotatable bonds is 6. The van der Waals surface area contributed by atoms with E-state index < -0.39 is 0 Å². The van der Waals surface area contributed by atoms with Crippen LogP contribution in [0.2, 0.25) is 0 Å². The van der Waals surface area contributed by atoms with Crippen molar-refractivity contribution in [1.82, 2.24) is 20.2 Å². The fourth-order valence-electron chi connectivity index (χ4n) is 3.13. The second kappa shape index (κ2) is 7.07. The van der Waals surface area contributed by atoms with Gasteiger partial charge in [-0.3, -0.25) is 4.79 Å². The summed E-state index contributed by atoms with van der Waals surface area (Å²) in [7, 11) is 0. The molecule has 26 heavy (non-hydrogen) atoms. The summed E-state index contributed by atoms with van der Waals surface area (Å²) in [5, 5.41) is 14.6. The van der Waals surface area contributed by atoms with Gasteiger partial charge in [0.15, 0.2) is 0 Å². The van der Waals surface area contributed by atoms with E-state index in [0.717, 1.165) is 34.5 Å². The number of aromatic nitrogens is 4. The van der Waals surface area contributed by atoms with Crippen molar-refractivity contribution in [3.05, 3.63) is 42.5 Å². The molecule has 1 aromatic heterocycles. The SMILES string of the molecule is CCN(C(=O)C(C)Sc1nnnn1C1CC1)c1cccc2ccccc12. The summed E-state index contributed by atoms with van der Waals surface area (Å²) in [6.07, 6.45) is 2.22. The Morgan fingerprint density at radius 2 is 2.04 bits per heavy atom. The average Bonchev–Trinajstić information content (AvgIpc) is 3.41. The normalized spacial score (nSPS) is 15.2. The molecule has 3 aromatic rings. The number of benzene rings is 2. The molecular formula is C19H21N5OS. The van der Waals surface area contributed by atoms with Crippen LogP contribution < -0.4 is 4.90 Å². The molecule has 1 saturated carbocycles. The van der Waals surface area contributed by atoms with Gasteiger partial charge in [0.2, 0.25) is 11.1 Å². The van der Waals surface area contributed by atoms with Crippen molar-refractivity contribution < 1.29 is 4.79 Å². The Morgan fingerprint density at radius 3 is 2.81 bits per heavy atom. The molecular weight excluding hydrogens is 346 g/mol. The predicted molar refractivity (Wildman–Crippen MR) is 103 cm³/mol. The number of amides is 1. The van der Waals surface area contributed by atoms with Crippen LogP contribution in [0.25, 0.3) is 10.8 Å². The number of fused-ring (bicyclic) bond motifs is 1. The average molecular weight is 367 g/mol. The molecule has 1 fully saturated rings. The minimum atomic E-state index is -0.266. The van der Waals surface area contributed by atoms with Gasteiger partial charge < -0.3 is 4.90 Å². The van der Waals surface area contributed by atoms with E-state index in [0.29, 0.717) is 12.6 Å². The molecule has 0 N–H and O–H groups in total. The van der Waals surface area contributed by atoms with Gasteiger partial charge in [-0.15, -0.1) is 5.10 Å². The zero-order valence-corrected chi connectivity index (χ0v) is 15.7. The minimum Gasteiger partial charge on any atom is -0.311 e. The number of hydrogen-bond donors (Lipinski definition) is 0. The topological polar surface area (TPSA) is 63.9 Å². The molecule has 1 aliphatic carbocycles. The molecule has 0 bridgehead atoms. The Hall–Kier alpha value is -2.41. The largest absolute Gasteiger partial charge is 0.311 e. The number of anilines is 1. The van der Waals surface area contributed by atoms with Crippen LogP contribution in [0, 0.1) is 0 Å². The molecule has 7 heteroatoms. The molecule has 1 amide bonds. The highest BCUT2D eigenvalue weighted by Gasteiger charge is 2.30. The number of carbonyl (C=O) groups excluding carboxylic acids is 1. The quantitative estimate of drug-likeness (QED) is 0.622. The molecule has 134 valence electrons. The molecule has 1 atom stereocenters. The smallest absolute Gasteiger partial charge is 0.240 e. The molecule has 0 radical (unpaired) electrons. The lowest BCUT2D eigenvalue weighted by molar-refractivity contribution is -0.117. The van der Waals surface area contributed by atoms with Crippen LogP contribution in [0.15, 0.2) is 47.6 Å². The van der Waals surface area contributed by atoms with E-state index in [1.54, 1.807) is 0 Å². The van der Waals surface area contributed by atoms with Crippen LogP contribution in [-0.4, -0.2) is 37.9 Å². The number of carbonyl (C=O) groups is 1. The third kappa shape index (κ3) is 3.19. The van der Waals surface area contributed by atoms with Crippen LogP contribution in [-0.2, 0) is 4.79 Å². The Bertz CT molecular complexity index is 931. The van der Waals surface area contributed by atoms with Gasteiger partial charge >= 0.3 is 0 Å². The zero-order valence-electron chi connectivity index (χ0n) is 14.9. The molecule has 0 aliphatic heterocycles. The maximum absolute atomic E-state index is 13.2. The molecule has 0 spiro atoms. The maximum Gasteiger partial charge on any atom is 0.240 e. The summed E-state index contributed by atoms with van der Waals surface area (Å²) >= 11 is 1.43. The lowest BCUT2D eigenvalue weighted by Crippen LogP contribution is -2.36. The van der Waals surface area contributed by atoms with Crippen molar-refractivity contribution in [2.24, 2.45) is 0 Å². The first kappa shape index (κ1) is 17.0. The summed E-state index contributed by atoms with van der Waals surface area (Å²) in [5.74, 6) is 0.0687. The van der Waals surface area contributed by atoms with Crippen LogP contribution in [0.3, 0.4) is 0 Å². The predicted octanol–water partition coefficient (Wildman–Crippen LogP) is 3.69. The fraction of sp³-hybridized carbons (Fsp3) is 0.368. The summed E-state index contributed by atoms with van der Waals surface area (Å²) in [5.41, 5.74) is 0.949. The monoisotopic (exact) mass is 367 g/mol. The standard InChI is InChI=1S/C19H21N5OS/c1-3-23(17-10-6-8-14-7-4-5-9-16(14)17)18(25)13(2)26-19-20-21-22-24(19)15-11-12-15/h4-10,13,15H,3,11-12H2,1-2H3. The van der Waals surface area contributed by atoms with E-state index in [4.69, 9.17) is 0 Å². The van der Waals surface area contributed by atoms with Crippen LogP contribution in [0.5, 0.6) is 0 Å². The van der Waals surface area contributed by atoms with Gasteiger partial charge in [-0.25, -0.2) is 4.68 Å². The van der Waals surface area contributed by atoms with Crippen LogP contribution >= 0.6 is 11.8 Å². The highest BCUT2D eigenvalue weighted by Crippen LogP contribution is 2.37. The van der Waals surface area contributed by atoms with Gasteiger partial charge in [0.25, 0.3) is 0 Å². The second-order valence-electron chi connectivity index (χ2n) is 6.48. The summed E-state index contributed by atoms with van der Waals surface area (Å²) in [6, 6.07) is 14.6. The Balaban J connectivity index is 1.59.